The van der Waals surface area contributed by atoms with Crippen molar-refractivity contribution in [2.75, 3.05) is 0 Å². The minimum absolute atomic E-state index is 0. The van der Waals surface area contributed by atoms with Crippen LogP contribution in [0.4, 0.5) is 0 Å². The molecule has 24 heavy (non-hydrogen) atoms. The third kappa shape index (κ3) is 5.02. The molecule has 0 amide bonds. The van der Waals surface area contributed by atoms with Crippen molar-refractivity contribution in [3.8, 4) is 0 Å². The average Bonchev–Trinajstić information content (AvgIpc) is 2.73. The Morgan fingerprint density at radius 3 is 1.96 bits per heavy atom. The first kappa shape index (κ1) is 26.7. The third-order valence-corrected chi connectivity index (χ3v) is 8.37. The van der Waals surface area contributed by atoms with Gasteiger partial charge < -0.3 is 37.2 Å². The molecule has 0 aliphatic heterocycles. The van der Waals surface area contributed by atoms with Crippen molar-refractivity contribution >= 4 is 8.07 Å². The molecular formula is C19H27Cl3SiTi. The Kier molecular flexibility index (Phi) is 9.95. The van der Waals surface area contributed by atoms with E-state index in [1.54, 1.807) is 5.20 Å². The van der Waals surface area contributed by atoms with Gasteiger partial charge in [0, 0.05) is 0 Å². The van der Waals surface area contributed by atoms with Gasteiger partial charge in [0.2, 0.25) is 0 Å². The van der Waals surface area contributed by atoms with Crippen LogP contribution in [0.3, 0.4) is 0 Å². The molecule has 132 valence electrons. The average molecular weight is 438 g/mol. The summed E-state index contributed by atoms with van der Waals surface area (Å²) in [5.41, 5.74) is 4.32. The van der Waals surface area contributed by atoms with Crippen LogP contribution in [0.25, 0.3) is 0 Å². The summed E-state index contributed by atoms with van der Waals surface area (Å²) in [6.45, 7) is 16.5. The van der Waals surface area contributed by atoms with Gasteiger partial charge >= 0.3 is 143 Å². The summed E-state index contributed by atoms with van der Waals surface area (Å²) < 4.78 is 0.0998. The predicted octanol–water partition coefficient (Wildman–Crippen LogP) is -3.33. The van der Waals surface area contributed by atoms with Crippen molar-refractivity contribution in [1.29, 1.82) is 0 Å². The van der Waals surface area contributed by atoms with E-state index in [2.05, 4.69) is 104 Å². The summed E-state index contributed by atoms with van der Waals surface area (Å²) in [5, 5.41) is 1.59. The van der Waals surface area contributed by atoms with Gasteiger partial charge in [0.05, 0.1) is 0 Å². The second-order valence-corrected chi connectivity index (χ2v) is 14.4. The van der Waals surface area contributed by atoms with E-state index in [4.69, 9.17) is 0 Å². The molecule has 2 rings (SSSR count). The summed E-state index contributed by atoms with van der Waals surface area (Å²) in [7, 11) is -1.24. The molecule has 5 heteroatoms. The number of benzene rings is 1. The van der Waals surface area contributed by atoms with Crippen LogP contribution in [0.1, 0.15) is 30.5 Å². The Morgan fingerprint density at radius 1 is 1.00 bits per heavy atom. The number of aryl methyl sites for hydroxylation is 2. The van der Waals surface area contributed by atoms with Crippen LogP contribution in [-0.4, -0.2) is 8.07 Å². The molecular weight excluding hydrogens is 411 g/mol. The zero-order valence-electron chi connectivity index (χ0n) is 15.6. The van der Waals surface area contributed by atoms with Crippen molar-refractivity contribution in [3.05, 3.63) is 58.3 Å². The van der Waals surface area contributed by atoms with Gasteiger partial charge in [-0.3, -0.25) is 0 Å². The fraction of sp³-hybridized carbons (Fsp3) is 0.474. The number of halogens is 3. The molecule has 0 fully saturated rings. The van der Waals surface area contributed by atoms with Crippen molar-refractivity contribution in [2.24, 2.45) is 0 Å². The molecule has 0 heterocycles. The monoisotopic (exact) mass is 436 g/mol. The Morgan fingerprint density at radius 2 is 1.54 bits per heavy atom. The maximum Gasteiger partial charge on any atom is -1.00 e. The standard InChI is InChI=1S/C19H27Si.3ClH.Ti/c1-14-8-11-18(15(2)12-14)19(3,4)16-9-10-17(13-16)20(5,6)7;;;;/h8-13H,1-7H3;3*1H;/q;;;;+3/p-3. The van der Waals surface area contributed by atoms with Crippen molar-refractivity contribution in [2.45, 2.75) is 56.5 Å². The summed E-state index contributed by atoms with van der Waals surface area (Å²) in [6.07, 6.45) is 7.36. The number of hydrogen-bond acceptors (Lipinski definition) is 0. The third-order valence-electron chi connectivity index (χ3n) is 4.86. The molecule has 0 saturated carbocycles. The van der Waals surface area contributed by atoms with Crippen LogP contribution >= 0.6 is 0 Å². The molecule has 0 aromatic heterocycles. The fourth-order valence-corrected chi connectivity index (χ4v) is 5.21. The summed E-state index contributed by atoms with van der Waals surface area (Å²) in [6, 6.07) is 6.88. The molecule has 1 aromatic carbocycles. The van der Waals surface area contributed by atoms with Gasteiger partial charge in [-0.25, -0.2) is 0 Å². The van der Waals surface area contributed by atoms with Gasteiger partial charge in [0.15, 0.2) is 0 Å². The van der Waals surface area contributed by atoms with Gasteiger partial charge in [0.1, 0.15) is 0 Å². The molecule has 0 N–H and O–H groups in total. The van der Waals surface area contributed by atoms with Crippen molar-refractivity contribution < 1.29 is 57.7 Å². The van der Waals surface area contributed by atoms with Gasteiger partial charge in [-0.05, 0) is 0 Å². The molecule has 0 spiro atoms. The van der Waals surface area contributed by atoms with Crippen LogP contribution in [0.15, 0.2) is 41.6 Å². The molecule has 0 nitrogen and oxygen atoms in total. The first-order chi connectivity index (χ1) is 9.47. The SMILES string of the molecule is Cc1ccc(C(C)(C)[C]2([Ti+3])C=CC([Si](C)(C)C)=C2)c(C)c1.[Cl-].[Cl-].[Cl-]. The number of rotatable bonds is 3. The minimum atomic E-state index is -1.24. The van der Waals surface area contributed by atoms with E-state index >= 15 is 0 Å². The molecule has 1 atom stereocenters. The van der Waals surface area contributed by atoms with E-state index in [0.29, 0.717) is 0 Å². The van der Waals surface area contributed by atoms with Crippen molar-refractivity contribution in [3.63, 3.8) is 0 Å². The van der Waals surface area contributed by atoms with Crippen LogP contribution in [0.5, 0.6) is 0 Å². The zero-order chi connectivity index (χ0) is 16.1. The summed E-state index contributed by atoms with van der Waals surface area (Å²) >= 11 is 2.38. The van der Waals surface area contributed by atoms with Crippen LogP contribution < -0.4 is 37.2 Å². The smallest absolute Gasteiger partial charge is 1.00 e. The Hall–Kier alpha value is 0.501. The van der Waals surface area contributed by atoms with Gasteiger partial charge in [-0.2, -0.15) is 0 Å². The molecule has 0 radical (unpaired) electrons. The van der Waals surface area contributed by atoms with Gasteiger partial charge in [-0.1, -0.05) is 0 Å². The van der Waals surface area contributed by atoms with Gasteiger partial charge in [-0.15, -0.1) is 0 Å². The molecule has 1 aliphatic rings. The first-order valence-electron chi connectivity index (χ1n) is 7.73. The molecule has 0 saturated heterocycles. The second-order valence-electron chi connectivity index (χ2n) is 8.00. The van der Waals surface area contributed by atoms with Crippen LogP contribution in [0.2, 0.25) is 23.4 Å². The van der Waals surface area contributed by atoms with Crippen LogP contribution in [-0.2, 0) is 25.9 Å². The van der Waals surface area contributed by atoms with E-state index in [9.17, 15) is 0 Å². The normalized spacial score (nSPS) is 19.8. The first-order valence-corrected chi connectivity index (χ1v) is 12.0. The maximum absolute atomic E-state index is 2.54. The second kappa shape index (κ2) is 8.93. The van der Waals surface area contributed by atoms with Crippen molar-refractivity contribution in [1.82, 2.24) is 0 Å². The zero-order valence-corrected chi connectivity index (χ0v) is 20.4. The fourth-order valence-electron chi connectivity index (χ4n) is 3.16. The Labute approximate surface area is 179 Å². The Bertz CT molecular complexity index is 630. The van der Waals surface area contributed by atoms with E-state index in [-0.39, 0.29) is 46.4 Å². The predicted molar refractivity (Wildman–Crippen MR) is 92.2 cm³/mol. The molecule has 1 aromatic rings. The number of allylic oxidation sites excluding steroid dienone is 4. The minimum Gasteiger partial charge on any atom is -1.00 e. The quantitative estimate of drug-likeness (QED) is 0.434. The largest absolute Gasteiger partial charge is 1.00 e. The van der Waals surface area contributed by atoms with E-state index in [0.717, 1.165) is 0 Å². The maximum atomic E-state index is 2.54. The summed E-state index contributed by atoms with van der Waals surface area (Å²) in [4.78, 5) is 0. The van der Waals surface area contributed by atoms with Crippen LogP contribution in [0, 0.1) is 13.8 Å². The Balaban J connectivity index is 0. The summed E-state index contributed by atoms with van der Waals surface area (Å²) in [5.74, 6) is 0. The van der Waals surface area contributed by atoms with E-state index in [1.165, 1.54) is 16.7 Å². The number of hydrogen-bond donors (Lipinski definition) is 0. The van der Waals surface area contributed by atoms with Gasteiger partial charge in [0.25, 0.3) is 0 Å². The molecule has 1 aliphatic carbocycles. The molecule has 1 unspecified atom stereocenters. The van der Waals surface area contributed by atoms with E-state index in [1.807, 2.05) is 0 Å². The molecule has 0 bridgehead atoms. The van der Waals surface area contributed by atoms with E-state index < -0.39 is 8.07 Å². The topological polar surface area (TPSA) is 0 Å².